The van der Waals surface area contributed by atoms with Crippen molar-refractivity contribution < 1.29 is 4.79 Å². The summed E-state index contributed by atoms with van der Waals surface area (Å²) in [6, 6.07) is 7.49. The number of nitrogens with one attached hydrogen (secondary N) is 2. The Morgan fingerprint density at radius 2 is 2.23 bits per heavy atom. The van der Waals surface area contributed by atoms with Crippen LogP contribution < -0.4 is 5.32 Å². The molecular weight excluding hydrogens is 300 g/mol. The topological polar surface area (TPSA) is 61.0 Å². The Hall–Kier alpha value is -2.27. The Kier molecular flexibility index (Phi) is 4.15. The van der Waals surface area contributed by atoms with Gasteiger partial charge in [-0.1, -0.05) is 29.8 Å². The van der Waals surface area contributed by atoms with Crippen LogP contribution in [0.1, 0.15) is 11.3 Å². The van der Waals surface area contributed by atoms with Gasteiger partial charge in [-0.15, -0.1) is 6.58 Å². The largest absolute Gasteiger partial charge is 0.335 e. The smallest absolute Gasteiger partial charge is 0.317 e. The van der Waals surface area contributed by atoms with E-state index in [2.05, 4.69) is 22.1 Å². The van der Waals surface area contributed by atoms with Gasteiger partial charge in [-0.05, 0) is 12.1 Å². The molecular formula is C16H17ClN4O. The summed E-state index contributed by atoms with van der Waals surface area (Å²) in [5.41, 5.74) is 4.04. The Morgan fingerprint density at radius 1 is 1.45 bits per heavy atom. The van der Waals surface area contributed by atoms with Gasteiger partial charge >= 0.3 is 6.03 Å². The van der Waals surface area contributed by atoms with E-state index in [4.69, 9.17) is 11.6 Å². The zero-order chi connectivity index (χ0) is 15.5. The van der Waals surface area contributed by atoms with Gasteiger partial charge in [0, 0.05) is 41.4 Å². The molecule has 22 heavy (non-hydrogen) atoms. The highest BCUT2D eigenvalue weighted by Gasteiger charge is 2.25. The fourth-order valence-corrected chi connectivity index (χ4v) is 2.71. The van der Waals surface area contributed by atoms with Gasteiger partial charge in [0.05, 0.1) is 12.2 Å². The van der Waals surface area contributed by atoms with Crippen molar-refractivity contribution in [3.8, 4) is 11.3 Å². The molecule has 1 aliphatic heterocycles. The number of hydrogen-bond acceptors (Lipinski definition) is 2. The molecule has 5 nitrogen and oxygen atoms in total. The second kappa shape index (κ2) is 6.23. The van der Waals surface area contributed by atoms with E-state index in [1.54, 1.807) is 11.0 Å². The van der Waals surface area contributed by atoms with Crippen LogP contribution in [-0.4, -0.2) is 34.2 Å². The van der Waals surface area contributed by atoms with Gasteiger partial charge in [0.25, 0.3) is 0 Å². The van der Waals surface area contributed by atoms with Gasteiger partial charge in [0.1, 0.15) is 0 Å². The molecule has 0 fully saturated rings. The summed E-state index contributed by atoms with van der Waals surface area (Å²) in [5, 5.41) is 11.0. The first-order valence-corrected chi connectivity index (χ1v) is 7.52. The molecule has 0 unspecified atom stereocenters. The third-order valence-corrected chi connectivity index (χ3v) is 3.99. The van der Waals surface area contributed by atoms with Gasteiger partial charge in [-0.3, -0.25) is 5.10 Å². The summed E-state index contributed by atoms with van der Waals surface area (Å²) in [6.45, 7) is 5.30. The average Bonchev–Trinajstić information content (AvgIpc) is 2.96. The molecule has 2 aromatic rings. The lowest BCUT2D eigenvalue weighted by atomic mass is 10.0. The van der Waals surface area contributed by atoms with E-state index in [9.17, 15) is 4.79 Å². The molecule has 0 bridgehead atoms. The number of nitrogens with zero attached hydrogens (tertiary/aromatic N) is 2. The van der Waals surface area contributed by atoms with Crippen molar-refractivity contribution in [1.82, 2.24) is 20.4 Å². The van der Waals surface area contributed by atoms with Crippen LogP contribution in [-0.2, 0) is 13.0 Å². The summed E-state index contributed by atoms with van der Waals surface area (Å²) < 4.78 is 0. The van der Waals surface area contributed by atoms with Crippen LogP contribution in [0.5, 0.6) is 0 Å². The molecule has 2 heterocycles. The maximum atomic E-state index is 12.1. The molecule has 1 aliphatic rings. The number of aromatic nitrogens is 2. The van der Waals surface area contributed by atoms with Crippen molar-refractivity contribution in [2.75, 3.05) is 13.1 Å². The highest BCUT2D eigenvalue weighted by Crippen LogP contribution is 2.29. The Bertz CT molecular complexity index is 693. The number of halogens is 1. The number of rotatable bonds is 3. The fourth-order valence-electron chi connectivity index (χ4n) is 2.59. The zero-order valence-corrected chi connectivity index (χ0v) is 12.9. The van der Waals surface area contributed by atoms with Crippen LogP contribution in [0, 0.1) is 0 Å². The van der Waals surface area contributed by atoms with Crippen LogP contribution in [0.2, 0.25) is 5.02 Å². The van der Waals surface area contributed by atoms with E-state index in [0.29, 0.717) is 24.7 Å². The minimum Gasteiger partial charge on any atom is -0.335 e. The molecule has 0 saturated heterocycles. The summed E-state index contributed by atoms with van der Waals surface area (Å²) in [4.78, 5) is 13.9. The highest BCUT2D eigenvalue weighted by atomic mass is 35.5. The van der Waals surface area contributed by atoms with Gasteiger partial charge in [-0.25, -0.2) is 4.79 Å². The molecule has 0 aliphatic carbocycles. The maximum absolute atomic E-state index is 12.1. The fraction of sp³-hybridized carbons (Fsp3) is 0.250. The first kappa shape index (κ1) is 14.7. The number of aromatic amines is 1. The van der Waals surface area contributed by atoms with Gasteiger partial charge in [0.2, 0.25) is 0 Å². The average molecular weight is 317 g/mol. The number of fused-ring (bicyclic) bond motifs is 1. The number of amides is 2. The summed E-state index contributed by atoms with van der Waals surface area (Å²) >= 11 is 5.93. The molecule has 0 saturated carbocycles. The third kappa shape index (κ3) is 2.85. The van der Waals surface area contributed by atoms with Crippen molar-refractivity contribution in [1.29, 1.82) is 0 Å². The molecule has 1 aromatic heterocycles. The minimum atomic E-state index is -0.0752. The van der Waals surface area contributed by atoms with E-state index < -0.39 is 0 Å². The molecule has 2 N–H and O–H groups in total. The second-order valence-corrected chi connectivity index (χ2v) is 5.62. The number of benzene rings is 1. The zero-order valence-electron chi connectivity index (χ0n) is 12.1. The number of H-pyrrole nitrogens is 1. The molecule has 6 heteroatoms. The Balaban J connectivity index is 1.84. The van der Waals surface area contributed by atoms with Crippen molar-refractivity contribution in [2.45, 2.75) is 13.0 Å². The van der Waals surface area contributed by atoms with Crippen molar-refractivity contribution >= 4 is 17.6 Å². The molecule has 3 rings (SSSR count). The normalized spacial score (nSPS) is 13.6. The molecule has 0 spiro atoms. The van der Waals surface area contributed by atoms with Crippen molar-refractivity contribution in [2.24, 2.45) is 0 Å². The number of carbonyl (C=O) groups excluding carboxylic acids is 1. The first-order valence-electron chi connectivity index (χ1n) is 7.14. The van der Waals surface area contributed by atoms with Gasteiger partial charge in [-0.2, -0.15) is 5.10 Å². The van der Waals surface area contributed by atoms with Crippen LogP contribution in [0.3, 0.4) is 0 Å². The second-order valence-electron chi connectivity index (χ2n) is 5.18. The SMILES string of the molecule is C=CCNC(=O)N1CCc2[nH]nc(-c3ccc(Cl)cc3)c2C1. The van der Waals surface area contributed by atoms with Crippen LogP contribution in [0.15, 0.2) is 36.9 Å². The number of hydrogen-bond donors (Lipinski definition) is 2. The molecule has 2 amide bonds. The molecule has 0 radical (unpaired) electrons. The lowest BCUT2D eigenvalue weighted by Gasteiger charge is -2.27. The molecule has 0 atom stereocenters. The summed E-state index contributed by atoms with van der Waals surface area (Å²) in [6.07, 6.45) is 2.45. The minimum absolute atomic E-state index is 0.0752. The van der Waals surface area contributed by atoms with E-state index in [1.165, 1.54) is 0 Å². The number of urea groups is 1. The van der Waals surface area contributed by atoms with Gasteiger partial charge in [0.15, 0.2) is 0 Å². The molecule has 114 valence electrons. The first-order chi connectivity index (χ1) is 10.7. The quantitative estimate of drug-likeness (QED) is 0.855. The highest BCUT2D eigenvalue weighted by molar-refractivity contribution is 6.30. The van der Waals surface area contributed by atoms with Crippen molar-refractivity contribution in [3.05, 3.63) is 53.2 Å². The van der Waals surface area contributed by atoms with E-state index in [0.717, 1.165) is 28.9 Å². The van der Waals surface area contributed by atoms with Gasteiger partial charge < -0.3 is 10.2 Å². The van der Waals surface area contributed by atoms with E-state index >= 15 is 0 Å². The van der Waals surface area contributed by atoms with Crippen molar-refractivity contribution in [3.63, 3.8) is 0 Å². The van der Waals surface area contributed by atoms with E-state index in [-0.39, 0.29) is 6.03 Å². The van der Waals surface area contributed by atoms with Crippen LogP contribution >= 0.6 is 11.6 Å². The molecule has 1 aromatic carbocycles. The summed E-state index contributed by atoms with van der Waals surface area (Å²) in [7, 11) is 0. The monoisotopic (exact) mass is 316 g/mol. The summed E-state index contributed by atoms with van der Waals surface area (Å²) in [5.74, 6) is 0. The van der Waals surface area contributed by atoms with Crippen LogP contribution in [0.4, 0.5) is 4.79 Å². The Morgan fingerprint density at radius 3 is 2.95 bits per heavy atom. The maximum Gasteiger partial charge on any atom is 0.317 e. The predicted molar refractivity (Wildman–Crippen MR) is 86.7 cm³/mol. The predicted octanol–water partition coefficient (Wildman–Crippen LogP) is 2.98. The lowest BCUT2D eigenvalue weighted by Crippen LogP contribution is -2.42. The van der Waals surface area contributed by atoms with E-state index in [1.807, 2.05) is 24.3 Å². The lowest BCUT2D eigenvalue weighted by molar-refractivity contribution is 0.193. The van der Waals surface area contributed by atoms with Crippen LogP contribution in [0.25, 0.3) is 11.3 Å². The standard InChI is InChI=1S/C16H17ClN4O/c1-2-8-18-16(22)21-9-7-14-13(10-21)15(20-19-14)11-3-5-12(17)6-4-11/h2-6H,1,7-10H2,(H,18,22)(H,19,20). The third-order valence-electron chi connectivity index (χ3n) is 3.74. The Labute approximate surface area is 134 Å². The number of carbonyl (C=O) groups is 1.